The molecule has 0 saturated carbocycles. The Balaban J connectivity index is 1.41. The molecule has 7 rings (SSSR count). The molecule has 2 aliphatic heterocycles. The number of phenols is 11. The van der Waals surface area contributed by atoms with Crippen LogP contribution in [0.15, 0.2) is 66.7 Å². The molecule has 16 heteroatoms. The molecule has 0 aromatic heterocycles. The van der Waals surface area contributed by atoms with Crippen molar-refractivity contribution in [2.24, 2.45) is 0 Å². The highest BCUT2D eigenvalue weighted by atomic mass is 16.6. The van der Waals surface area contributed by atoms with Gasteiger partial charge in [0.15, 0.2) is 52.5 Å². The number of rotatable bonds is 5. The van der Waals surface area contributed by atoms with Gasteiger partial charge in [-0.2, -0.15) is 0 Å². The first-order chi connectivity index (χ1) is 25.1. The van der Waals surface area contributed by atoms with E-state index in [1.807, 2.05) is 0 Å². The Morgan fingerprint density at radius 3 is 1.74 bits per heavy atom. The van der Waals surface area contributed by atoms with Crippen LogP contribution in [0.1, 0.15) is 56.3 Å². The van der Waals surface area contributed by atoms with Crippen molar-refractivity contribution in [3.05, 3.63) is 100 Å². The Morgan fingerprint density at radius 2 is 1.13 bits per heavy atom. The molecule has 16 nitrogen and oxygen atoms in total. The summed E-state index contributed by atoms with van der Waals surface area (Å²) in [7, 11) is 0. The second kappa shape index (κ2) is 12.6. The third-order valence-electron chi connectivity index (χ3n) is 9.21. The molecule has 5 aromatic carbocycles. The zero-order valence-corrected chi connectivity index (χ0v) is 26.9. The number of ether oxygens (including phenoxy) is 3. The highest BCUT2D eigenvalue weighted by Gasteiger charge is 2.48. The zero-order chi connectivity index (χ0) is 38.0. The fraction of sp³-hybridized carbons (Fsp3) is 0.162. The van der Waals surface area contributed by atoms with Crippen molar-refractivity contribution in [3.8, 4) is 74.7 Å². The second-order valence-electron chi connectivity index (χ2n) is 12.6. The normalized spacial score (nSPS) is 20.4. The molecule has 2 aliphatic rings. The van der Waals surface area contributed by atoms with Crippen LogP contribution in [-0.2, 0) is 11.2 Å². The van der Waals surface area contributed by atoms with Crippen molar-refractivity contribution in [3.63, 3.8) is 0 Å². The number of aromatic hydroxyl groups is 11. The molecule has 0 aliphatic carbocycles. The summed E-state index contributed by atoms with van der Waals surface area (Å²) in [6.07, 6.45) is -6.04. The number of fused-ring (bicyclic) bond motifs is 2. The van der Waals surface area contributed by atoms with Crippen LogP contribution < -0.4 is 9.47 Å². The van der Waals surface area contributed by atoms with Crippen LogP contribution in [0.5, 0.6) is 74.7 Å². The maximum atomic E-state index is 13.7. The average Bonchev–Trinajstić information content (AvgIpc) is 3.10. The van der Waals surface area contributed by atoms with Crippen LogP contribution in [0.4, 0.5) is 0 Å². The van der Waals surface area contributed by atoms with E-state index < -0.39 is 105 Å². The van der Waals surface area contributed by atoms with E-state index in [0.29, 0.717) is 0 Å². The van der Waals surface area contributed by atoms with Crippen LogP contribution >= 0.6 is 0 Å². The largest absolute Gasteiger partial charge is 0.508 e. The monoisotopic (exact) mass is 730 g/mol. The zero-order valence-electron chi connectivity index (χ0n) is 26.9. The van der Waals surface area contributed by atoms with Gasteiger partial charge in [0.25, 0.3) is 0 Å². The van der Waals surface area contributed by atoms with E-state index in [1.165, 1.54) is 24.3 Å². The molecule has 53 heavy (non-hydrogen) atoms. The van der Waals surface area contributed by atoms with Gasteiger partial charge in [0.2, 0.25) is 0 Å². The molecular formula is C37H30O16. The molecule has 0 fully saturated rings. The Labute approximate surface area is 297 Å². The first-order valence-corrected chi connectivity index (χ1v) is 15.8. The summed E-state index contributed by atoms with van der Waals surface area (Å²) < 4.78 is 18.0. The van der Waals surface area contributed by atoms with Gasteiger partial charge < -0.3 is 75.5 Å². The lowest BCUT2D eigenvalue weighted by molar-refractivity contribution is -0.0275. The summed E-state index contributed by atoms with van der Waals surface area (Å²) in [4.78, 5) is 13.7. The number of benzene rings is 5. The van der Waals surface area contributed by atoms with E-state index in [-0.39, 0.29) is 45.7 Å². The van der Waals surface area contributed by atoms with E-state index in [2.05, 4.69) is 0 Å². The fourth-order valence-corrected chi connectivity index (χ4v) is 6.72. The van der Waals surface area contributed by atoms with Crippen LogP contribution in [0.25, 0.3) is 0 Å². The van der Waals surface area contributed by atoms with E-state index in [4.69, 9.17) is 14.2 Å². The van der Waals surface area contributed by atoms with Gasteiger partial charge in [0, 0.05) is 46.9 Å². The summed E-state index contributed by atoms with van der Waals surface area (Å²) in [6, 6.07) is 11.9. The summed E-state index contributed by atoms with van der Waals surface area (Å²) in [5.74, 6) is -10.4. The minimum Gasteiger partial charge on any atom is -0.508 e. The van der Waals surface area contributed by atoms with Gasteiger partial charge in [-0.1, -0.05) is 12.1 Å². The smallest absolute Gasteiger partial charge is 0.338 e. The minimum absolute atomic E-state index is 0.0341. The molecule has 5 atom stereocenters. The van der Waals surface area contributed by atoms with Gasteiger partial charge in [-0.3, -0.25) is 0 Å². The van der Waals surface area contributed by atoms with Gasteiger partial charge in [-0.15, -0.1) is 0 Å². The number of phenolic OH excluding ortho intramolecular Hbond substituents is 11. The summed E-state index contributed by atoms with van der Waals surface area (Å²) in [5.41, 5.74) is -0.810. The Hall–Kier alpha value is -7.07. The first-order valence-electron chi connectivity index (χ1n) is 15.8. The number of esters is 1. The van der Waals surface area contributed by atoms with Gasteiger partial charge in [0.05, 0.1) is 17.6 Å². The quantitative estimate of drug-likeness (QED) is 0.0899. The topological polar surface area (TPSA) is 288 Å². The lowest BCUT2D eigenvalue weighted by Gasteiger charge is -2.40. The van der Waals surface area contributed by atoms with Crippen LogP contribution in [-0.4, -0.2) is 79.5 Å². The predicted octanol–water partition coefficient (Wildman–Crippen LogP) is 3.98. The molecule has 5 aromatic rings. The summed E-state index contributed by atoms with van der Waals surface area (Å²) in [6.45, 7) is 0. The molecule has 0 amide bonds. The van der Waals surface area contributed by atoms with Crippen molar-refractivity contribution in [2.45, 2.75) is 36.8 Å². The van der Waals surface area contributed by atoms with Gasteiger partial charge >= 0.3 is 5.97 Å². The number of aliphatic hydroxyl groups excluding tert-OH is 1. The number of hydrogen-bond acceptors (Lipinski definition) is 16. The van der Waals surface area contributed by atoms with Crippen molar-refractivity contribution < 1.29 is 80.3 Å². The first kappa shape index (κ1) is 34.4. The Morgan fingerprint density at radius 1 is 0.566 bits per heavy atom. The van der Waals surface area contributed by atoms with Crippen LogP contribution in [0.2, 0.25) is 0 Å². The maximum Gasteiger partial charge on any atom is 0.338 e. The number of carbonyl (C=O) groups excluding carboxylic acids is 1. The lowest BCUT2D eigenvalue weighted by Crippen LogP contribution is -2.39. The third-order valence-corrected chi connectivity index (χ3v) is 9.21. The molecule has 274 valence electrons. The molecule has 0 saturated heterocycles. The second-order valence-corrected chi connectivity index (χ2v) is 12.6. The predicted molar refractivity (Wildman–Crippen MR) is 178 cm³/mol. The molecule has 0 spiro atoms. The van der Waals surface area contributed by atoms with Gasteiger partial charge in [-0.25, -0.2) is 4.79 Å². The van der Waals surface area contributed by atoms with Crippen molar-refractivity contribution in [1.29, 1.82) is 0 Å². The van der Waals surface area contributed by atoms with E-state index >= 15 is 0 Å². The number of aliphatic hydroxyl groups is 1. The van der Waals surface area contributed by atoms with E-state index in [9.17, 15) is 66.1 Å². The SMILES string of the molecule is O=C(O[C@@H]1[C@H](c2c(O)cc3c(c2O)C[C@H](O)[C@@H](c2ccc(O)c(O)c2)O3)c2c(O)cc(O)cc2O[C@@H]1c1ccc(O)c(O)c1)c1cc(O)c(O)c(O)c1. The van der Waals surface area contributed by atoms with Crippen LogP contribution in [0, 0.1) is 0 Å². The van der Waals surface area contributed by atoms with E-state index in [1.54, 1.807) is 0 Å². The highest BCUT2D eigenvalue weighted by Crippen LogP contribution is 2.57. The molecule has 0 bridgehead atoms. The molecular weight excluding hydrogens is 700 g/mol. The molecule has 2 heterocycles. The lowest BCUT2D eigenvalue weighted by atomic mass is 9.77. The Bertz CT molecular complexity index is 2280. The third kappa shape index (κ3) is 5.85. The highest BCUT2D eigenvalue weighted by molar-refractivity contribution is 5.91. The van der Waals surface area contributed by atoms with Crippen molar-refractivity contribution in [2.75, 3.05) is 0 Å². The van der Waals surface area contributed by atoms with Gasteiger partial charge in [-0.05, 0) is 42.0 Å². The van der Waals surface area contributed by atoms with Crippen molar-refractivity contribution in [1.82, 2.24) is 0 Å². The van der Waals surface area contributed by atoms with E-state index in [0.717, 1.165) is 42.5 Å². The van der Waals surface area contributed by atoms with Gasteiger partial charge in [0.1, 0.15) is 40.6 Å². The number of hydrogen-bond donors (Lipinski definition) is 12. The summed E-state index contributed by atoms with van der Waals surface area (Å²) >= 11 is 0. The summed E-state index contributed by atoms with van der Waals surface area (Å²) in [5, 5.41) is 127. The molecule has 12 N–H and O–H groups in total. The number of carbonyl (C=O) groups is 1. The average molecular weight is 731 g/mol. The maximum absolute atomic E-state index is 13.7. The molecule has 0 unspecified atom stereocenters. The Kier molecular flexibility index (Phi) is 8.18. The van der Waals surface area contributed by atoms with Crippen LogP contribution in [0.3, 0.4) is 0 Å². The fourth-order valence-electron chi connectivity index (χ4n) is 6.72. The standard InChI is InChI=1S/C37H30O16/c38-16-9-22(43)29-28(10-16)52-35(14-2-4-19(40)21(42)6-14)36(53-37(50)15-7-24(45)33(49)25(46)8-15)31(29)30-23(44)12-27-17(32(30)48)11-26(47)34(51-27)13-1-3-18(39)20(41)5-13/h1-10,12,26,31,34-36,38-49H,11H2/t26-,31-,34+,35+,36+/m0/s1. The molecule has 0 radical (unpaired) electrons. The minimum atomic E-state index is -1.73. The van der Waals surface area contributed by atoms with Crippen molar-refractivity contribution >= 4 is 5.97 Å².